The number of carbonyl (C=O) groups is 4. The van der Waals surface area contributed by atoms with Gasteiger partial charge < -0.3 is 14.6 Å². The van der Waals surface area contributed by atoms with Crippen molar-refractivity contribution in [3.8, 4) is 0 Å². The molecule has 0 bridgehead atoms. The molecule has 0 saturated heterocycles. The van der Waals surface area contributed by atoms with Crippen LogP contribution >= 0.6 is 11.6 Å². The molecule has 1 N–H and O–H groups in total. The largest absolute Gasteiger partial charge is 0.457 e. The molecule has 8 atom stereocenters. The Bertz CT molecular complexity index is 1030. The van der Waals surface area contributed by atoms with E-state index >= 15 is 0 Å². The van der Waals surface area contributed by atoms with Gasteiger partial charge in [-0.1, -0.05) is 39.3 Å². The Morgan fingerprint density at radius 3 is 2.54 bits per heavy atom. The quantitative estimate of drug-likeness (QED) is 0.447. The zero-order valence-corrected chi connectivity index (χ0v) is 21.8. The number of ketones is 2. The van der Waals surface area contributed by atoms with Crippen LogP contribution in [-0.4, -0.2) is 51.8 Å². The van der Waals surface area contributed by atoms with Crippen LogP contribution in [0.15, 0.2) is 23.8 Å². The predicted molar refractivity (Wildman–Crippen MR) is 128 cm³/mol. The predicted octanol–water partition coefficient (Wildman–Crippen LogP) is 3.70. The molecule has 0 heterocycles. The topological polar surface area (TPSA) is 107 Å². The highest BCUT2D eigenvalue weighted by molar-refractivity contribution is 6.26. The molecule has 4 aliphatic carbocycles. The summed E-state index contributed by atoms with van der Waals surface area (Å²) in [7, 11) is 0. The van der Waals surface area contributed by atoms with Crippen LogP contribution in [0.25, 0.3) is 0 Å². The molecule has 0 aromatic heterocycles. The van der Waals surface area contributed by atoms with Crippen molar-refractivity contribution in [1.82, 2.24) is 0 Å². The van der Waals surface area contributed by atoms with Gasteiger partial charge in [-0.3, -0.25) is 19.2 Å². The Morgan fingerprint density at radius 2 is 1.91 bits per heavy atom. The van der Waals surface area contributed by atoms with Gasteiger partial charge in [0, 0.05) is 30.1 Å². The molecule has 192 valence electrons. The van der Waals surface area contributed by atoms with Gasteiger partial charge in [-0.15, -0.1) is 11.6 Å². The van der Waals surface area contributed by atoms with Crippen molar-refractivity contribution >= 4 is 35.1 Å². The average Bonchev–Trinajstić information content (AvgIpc) is 3.00. The molecule has 35 heavy (non-hydrogen) atoms. The molecule has 0 radical (unpaired) electrons. The molecular weight excluding hydrogens is 472 g/mol. The van der Waals surface area contributed by atoms with Gasteiger partial charge in [-0.2, -0.15) is 0 Å². The fourth-order valence-electron chi connectivity index (χ4n) is 7.98. The van der Waals surface area contributed by atoms with E-state index in [2.05, 4.69) is 0 Å². The normalized spacial score (nSPS) is 44.0. The minimum absolute atomic E-state index is 0.0816. The number of aliphatic hydroxyl groups excluding tert-OH is 1. The lowest BCUT2D eigenvalue weighted by Crippen LogP contribution is -2.69. The molecule has 0 aromatic carbocycles. The average molecular weight is 507 g/mol. The summed E-state index contributed by atoms with van der Waals surface area (Å²) in [5.41, 5.74) is -2.27. The molecule has 0 amide bonds. The van der Waals surface area contributed by atoms with Crippen molar-refractivity contribution in [3.05, 3.63) is 23.8 Å². The second kappa shape index (κ2) is 8.55. The van der Waals surface area contributed by atoms with E-state index in [0.29, 0.717) is 19.3 Å². The number of hydrogen-bond acceptors (Lipinski definition) is 7. The van der Waals surface area contributed by atoms with Crippen LogP contribution in [-0.2, 0) is 28.7 Å². The standard InChI is InChI=1S/C27H35ClO7/c1-6-23(33)34-14-22(32)27(35-16(3)29)15(2)11-20-19-8-7-17-12-18(30)9-10-24(17,4)26(19,28)21(31)13-25(20,27)5/h9-10,12,15,19-21,31H,6-8,11,13-14H2,1-5H3/t15-,19+,20+,21+,24+,25+,26+,27+/m1/s1. The first-order valence-corrected chi connectivity index (χ1v) is 12.9. The Labute approximate surface area is 211 Å². The van der Waals surface area contributed by atoms with Crippen LogP contribution < -0.4 is 0 Å². The smallest absolute Gasteiger partial charge is 0.305 e. The summed E-state index contributed by atoms with van der Waals surface area (Å²) in [4.78, 5) is 48.9. The SMILES string of the molecule is CCC(=O)OCC(=O)[C@@]1(OC(C)=O)[C@H](C)C[C@H]2[C@@H]3CCC4=CC(=O)C=C[C@]4(C)[C@@]3(Cl)[C@@H](O)C[C@@]21C. The number of esters is 2. The minimum atomic E-state index is -1.55. The summed E-state index contributed by atoms with van der Waals surface area (Å²) >= 11 is 7.45. The van der Waals surface area contributed by atoms with E-state index in [-0.39, 0.29) is 36.4 Å². The van der Waals surface area contributed by atoms with Gasteiger partial charge in [-0.25, -0.2) is 0 Å². The van der Waals surface area contributed by atoms with E-state index in [9.17, 15) is 24.3 Å². The van der Waals surface area contributed by atoms with Gasteiger partial charge in [0.1, 0.15) is 0 Å². The van der Waals surface area contributed by atoms with Crippen molar-refractivity contribution < 1.29 is 33.8 Å². The summed E-state index contributed by atoms with van der Waals surface area (Å²) in [6.07, 6.45) is 6.07. The molecule has 0 unspecified atom stereocenters. The van der Waals surface area contributed by atoms with E-state index in [1.54, 1.807) is 13.0 Å². The van der Waals surface area contributed by atoms with E-state index in [0.717, 1.165) is 5.57 Å². The van der Waals surface area contributed by atoms with Gasteiger partial charge in [0.25, 0.3) is 0 Å². The third kappa shape index (κ3) is 3.41. The molecular formula is C27H35ClO7. The van der Waals surface area contributed by atoms with Gasteiger partial charge in [-0.05, 0) is 49.7 Å². The van der Waals surface area contributed by atoms with Gasteiger partial charge >= 0.3 is 11.9 Å². The lowest BCUT2D eigenvalue weighted by Gasteiger charge is -2.64. The van der Waals surface area contributed by atoms with Crippen LogP contribution in [0.3, 0.4) is 0 Å². The molecule has 8 heteroatoms. The Morgan fingerprint density at radius 1 is 1.23 bits per heavy atom. The third-order valence-corrected chi connectivity index (χ3v) is 10.5. The lowest BCUT2D eigenvalue weighted by atomic mass is 9.45. The second-order valence-corrected chi connectivity index (χ2v) is 11.8. The first-order valence-electron chi connectivity index (χ1n) is 12.5. The fraction of sp³-hybridized carbons (Fsp3) is 0.704. The summed E-state index contributed by atoms with van der Waals surface area (Å²) < 4.78 is 11.1. The highest BCUT2D eigenvalue weighted by Crippen LogP contribution is 2.72. The van der Waals surface area contributed by atoms with E-state index in [4.69, 9.17) is 21.1 Å². The molecule has 0 aliphatic heterocycles. The minimum Gasteiger partial charge on any atom is -0.457 e. The first-order chi connectivity index (χ1) is 16.3. The number of carbonyl (C=O) groups excluding carboxylic acids is 4. The number of aliphatic hydroxyl groups is 1. The molecule has 0 aromatic rings. The van der Waals surface area contributed by atoms with Crippen LogP contribution in [0.1, 0.15) is 66.7 Å². The number of Topliss-reactive ketones (excluding diaryl/α,β-unsaturated/α-hetero) is 1. The van der Waals surface area contributed by atoms with Crippen LogP contribution in [0.5, 0.6) is 0 Å². The Kier molecular flexibility index (Phi) is 6.37. The molecule has 4 rings (SSSR count). The maximum atomic E-state index is 13.7. The van der Waals surface area contributed by atoms with E-state index < -0.39 is 51.7 Å². The lowest BCUT2D eigenvalue weighted by molar-refractivity contribution is -0.202. The second-order valence-electron chi connectivity index (χ2n) is 11.2. The number of alkyl halides is 1. The highest BCUT2D eigenvalue weighted by Gasteiger charge is 2.76. The Balaban J connectivity index is 1.80. The molecule has 7 nitrogen and oxygen atoms in total. The summed E-state index contributed by atoms with van der Waals surface area (Å²) in [5.74, 6) is -2.34. The number of allylic oxidation sites excluding steroid dienone is 4. The molecule has 4 aliphatic rings. The molecule has 3 saturated carbocycles. The van der Waals surface area contributed by atoms with E-state index in [1.807, 2.05) is 26.8 Å². The van der Waals surface area contributed by atoms with Crippen molar-refractivity contribution in [3.63, 3.8) is 0 Å². The summed E-state index contributed by atoms with van der Waals surface area (Å²) in [5, 5.41) is 11.7. The van der Waals surface area contributed by atoms with Gasteiger partial charge in [0.05, 0.1) is 11.0 Å². The molecule has 3 fully saturated rings. The van der Waals surface area contributed by atoms with Crippen molar-refractivity contribution in [2.24, 2.45) is 28.6 Å². The van der Waals surface area contributed by atoms with Gasteiger partial charge in [0.15, 0.2) is 18.0 Å². The van der Waals surface area contributed by atoms with Crippen LogP contribution in [0, 0.1) is 28.6 Å². The van der Waals surface area contributed by atoms with E-state index in [1.165, 1.54) is 13.0 Å². The van der Waals surface area contributed by atoms with Crippen molar-refractivity contribution in [2.45, 2.75) is 83.3 Å². The van der Waals surface area contributed by atoms with Crippen LogP contribution in [0.2, 0.25) is 0 Å². The maximum Gasteiger partial charge on any atom is 0.305 e. The number of fused-ring (bicyclic) bond motifs is 5. The highest BCUT2D eigenvalue weighted by atomic mass is 35.5. The van der Waals surface area contributed by atoms with Crippen LogP contribution in [0.4, 0.5) is 0 Å². The van der Waals surface area contributed by atoms with Crippen molar-refractivity contribution in [1.29, 1.82) is 0 Å². The van der Waals surface area contributed by atoms with Gasteiger partial charge in [0.2, 0.25) is 5.78 Å². The first kappa shape index (κ1) is 26.1. The summed E-state index contributed by atoms with van der Waals surface area (Å²) in [6, 6.07) is 0. The Hall–Kier alpha value is -1.99. The monoisotopic (exact) mass is 506 g/mol. The number of rotatable bonds is 5. The molecule has 0 spiro atoms. The maximum absolute atomic E-state index is 13.7. The number of hydrogen-bond donors (Lipinski definition) is 1. The third-order valence-electron chi connectivity index (χ3n) is 9.55. The number of halogens is 1. The van der Waals surface area contributed by atoms with Crippen molar-refractivity contribution in [2.75, 3.05) is 6.61 Å². The fourth-order valence-corrected chi connectivity index (χ4v) is 8.50. The zero-order chi connectivity index (χ0) is 26.0. The number of ether oxygens (including phenoxy) is 2. The zero-order valence-electron chi connectivity index (χ0n) is 21.1. The summed E-state index contributed by atoms with van der Waals surface area (Å²) in [6.45, 7) is 8.17.